The number of piperidine rings is 1. The van der Waals surface area contributed by atoms with Gasteiger partial charge in [0.05, 0.1) is 0 Å². The fraction of sp³-hybridized carbons (Fsp3) is 0.605. The van der Waals surface area contributed by atoms with E-state index in [9.17, 15) is 9.59 Å². The van der Waals surface area contributed by atoms with E-state index in [1.807, 2.05) is 42.4 Å². The molecule has 1 aliphatic heterocycles. The fourth-order valence-corrected chi connectivity index (χ4v) is 23.0. The van der Waals surface area contributed by atoms with Crippen LogP contribution in [-0.2, 0) is 11.3 Å². The average Bonchev–Trinajstić information content (AvgIpc) is 3.02. The molecule has 0 spiro atoms. The van der Waals surface area contributed by atoms with E-state index in [0.29, 0.717) is 19.6 Å². The first-order valence-electron chi connectivity index (χ1n) is 17.6. The van der Waals surface area contributed by atoms with Crippen LogP contribution in [0.5, 0.6) is 0 Å². The topological polar surface area (TPSA) is 64.4 Å². The molecule has 0 saturated carbocycles. The number of nitrogens with zero attached hydrogens (tertiary/aromatic N) is 3. The van der Waals surface area contributed by atoms with Crippen LogP contribution in [0.1, 0.15) is 98.5 Å². The maximum absolute atomic E-state index is 14.7. The number of rotatable bonds is 13. The molecular weight excluding hydrogens is 665 g/mol. The van der Waals surface area contributed by atoms with Gasteiger partial charge in [-0.15, -0.1) is 0 Å². The summed E-state index contributed by atoms with van der Waals surface area (Å²) in [6.45, 7) is 16.5. The summed E-state index contributed by atoms with van der Waals surface area (Å²) < 4.78 is 13.2. The van der Waals surface area contributed by atoms with E-state index in [1.165, 1.54) is 55.4 Å². The van der Waals surface area contributed by atoms with Gasteiger partial charge in [0.2, 0.25) is 0 Å². The number of hydrogen-bond acceptors (Lipinski definition) is 4. The van der Waals surface area contributed by atoms with Gasteiger partial charge in [0, 0.05) is 0 Å². The van der Waals surface area contributed by atoms with Crippen molar-refractivity contribution in [2.45, 2.75) is 125 Å². The van der Waals surface area contributed by atoms with Gasteiger partial charge in [0.25, 0.3) is 0 Å². The van der Waals surface area contributed by atoms with Crippen LogP contribution in [0, 0.1) is 12.8 Å². The summed E-state index contributed by atoms with van der Waals surface area (Å²) >= 11 is -2.76. The van der Waals surface area contributed by atoms with Crippen molar-refractivity contribution in [1.29, 1.82) is 0 Å². The van der Waals surface area contributed by atoms with Crippen LogP contribution in [0.4, 0.5) is 4.79 Å². The Balaban J connectivity index is 1.82. The van der Waals surface area contributed by atoms with Crippen LogP contribution in [0.15, 0.2) is 47.3 Å². The van der Waals surface area contributed by atoms with Gasteiger partial charge < -0.3 is 0 Å². The Morgan fingerprint density at radius 3 is 2.22 bits per heavy atom. The molecular formula is C38H57N3O3Sn. The van der Waals surface area contributed by atoms with Crippen LogP contribution in [0.25, 0.3) is 22.3 Å². The van der Waals surface area contributed by atoms with E-state index < -0.39 is 24.0 Å². The number of amides is 1. The van der Waals surface area contributed by atoms with E-state index in [0.717, 1.165) is 40.7 Å². The van der Waals surface area contributed by atoms with Crippen LogP contribution in [-0.4, -0.2) is 57.6 Å². The predicted molar refractivity (Wildman–Crippen MR) is 191 cm³/mol. The first-order chi connectivity index (χ1) is 21.5. The van der Waals surface area contributed by atoms with Crippen molar-refractivity contribution in [3.05, 3.63) is 58.4 Å². The second kappa shape index (κ2) is 16.0. The van der Waals surface area contributed by atoms with Crippen molar-refractivity contribution < 1.29 is 9.53 Å². The van der Waals surface area contributed by atoms with E-state index >= 15 is 0 Å². The summed E-state index contributed by atoms with van der Waals surface area (Å²) in [7, 11) is 0. The number of benzene rings is 2. The fourth-order valence-electron chi connectivity index (χ4n) is 7.07. The molecule has 2 aromatic carbocycles. The second-order valence-electron chi connectivity index (χ2n) is 14.4. The first kappa shape index (κ1) is 35.5. The molecule has 246 valence electrons. The third kappa shape index (κ3) is 8.93. The van der Waals surface area contributed by atoms with Crippen LogP contribution in [0.2, 0.25) is 13.3 Å². The van der Waals surface area contributed by atoms with Crippen LogP contribution < -0.4 is 9.14 Å². The number of fused-ring (bicyclic) bond motifs is 1. The predicted octanol–water partition coefficient (Wildman–Crippen LogP) is 9.08. The van der Waals surface area contributed by atoms with Gasteiger partial charge in [-0.2, -0.15) is 0 Å². The van der Waals surface area contributed by atoms with Gasteiger partial charge in [0.15, 0.2) is 0 Å². The molecule has 6 nitrogen and oxygen atoms in total. The molecule has 7 heteroatoms. The number of ether oxygens (including phenoxy) is 1. The summed E-state index contributed by atoms with van der Waals surface area (Å²) in [5.74, 6) is 0.872. The van der Waals surface area contributed by atoms with Gasteiger partial charge >= 0.3 is 256 Å². The van der Waals surface area contributed by atoms with Gasteiger partial charge in [0.1, 0.15) is 0 Å². The average molecular weight is 723 g/mol. The number of carbonyl (C=O) groups is 1. The molecule has 0 radical (unpaired) electrons. The van der Waals surface area contributed by atoms with E-state index in [1.54, 1.807) is 0 Å². The van der Waals surface area contributed by atoms with Crippen LogP contribution in [0.3, 0.4) is 0 Å². The zero-order valence-electron chi connectivity index (χ0n) is 29.1. The number of carbonyl (C=O) groups excluding carboxylic acids is 1. The molecule has 4 rings (SSSR count). The van der Waals surface area contributed by atoms with Crippen molar-refractivity contribution >= 4 is 39.0 Å². The Morgan fingerprint density at radius 1 is 0.978 bits per heavy atom. The Hall–Kier alpha value is -2.35. The molecule has 2 heterocycles. The third-order valence-electron chi connectivity index (χ3n) is 9.59. The summed E-state index contributed by atoms with van der Waals surface area (Å²) in [4.78, 5) is 34.7. The number of likely N-dealkylation sites (tertiary alicyclic amines) is 1. The van der Waals surface area contributed by atoms with E-state index in [4.69, 9.17) is 9.72 Å². The minimum atomic E-state index is -2.76. The van der Waals surface area contributed by atoms with Crippen molar-refractivity contribution in [1.82, 2.24) is 14.5 Å². The SMILES string of the molecule is CCC[CH2][Sn]([CH2]CCC)([CH2]CCC)[c]1ccc2nc(-c3ccccc3C)n(C[C@H]3CCCN(C(=O)OC(C)(C)C)C3)c(=O)c2c1. The molecule has 0 aliphatic carbocycles. The van der Waals surface area contributed by atoms with Gasteiger partial charge in [-0.25, -0.2) is 0 Å². The molecule has 0 bridgehead atoms. The molecule has 1 saturated heterocycles. The quantitative estimate of drug-likeness (QED) is 0.165. The summed E-state index contributed by atoms with van der Waals surface area (Å²) in [6, 6.07) is 15.0. The van der Waals surface area contributed by atoms with Crippen molar-refractivity contribution in [3.8, 4) is 11.4 Å². The minimum absolute atomic E-state index is 0.0520. The zero-order valence-corrected chi connectivity index (χ0v) is 31.9. The molecule has 1 fully saturated rings. The Kier molecular flexibility index (Phi) is 12.6. The Morgan fingerprint density at radius 2 is 1.62 bits per heavy atom. The number of aryl methyl sites for hydroxylation is 1. The van der Waals surface area contributed by atoms with E-state index in [-0.39, 0.29) is 17.6 Å². The summed E-state index contributed by atoms with van der Waals surface area (Å²) in [5.41, 5.74) is 2.39. The molecule has 3 aromatic rings. The van der Waals surface area contributed by atoms with Crippen molar-refractivity contribution in [3.63, 3.8) is 0 Å². The molecule has 45 heavy (non-hydrogen) atoms. The number of aromatic nitrogens is 2. The summed E-state index contributed by atoms with van der Waals surface area (Å²) in [5, 5.41) is 0.759. The zero-order chi connectivity index (χ0) is 32.6. The standard InChI is InChI=1S/C26H30N3O3.3C4H9.Sn/c1-18-10-5-6-12-20(18)23-27-22-14-8-7-13-21(22)24(30)29(23)17-19-11-9-15-28(16-19)25(31)32-26(2,3)4;3*1-3-4-2;/h5-6,8,10,12-14,19H,9,11,15-17H2,1-4H3;3*1,3-4H2,2H3;/t19-;;;;/m0..../s1. The van der Waals surface area contributed by atoms with Gasteiger partial charge in [-0.05, 0) is 20.8 Å². The molecule has 0 N–H and O–H groups in total. The van der Waals surface area contributed by atoms with Crippen LogP contribution >= 0.6 is 0 Å². The van der Waals surface area contributed by atoms with Crippen molar-refractivity contribution in [2.75, 3.05) is 13.1 Å². The number of unbranched alkanes of at least 4 members (excludes halogenated alkanes) is 3. The Bertz CT molecular complexity index is 1470. The molecule has 1 atom stereocenters. The summed E-state index contributed by atoms with van der Waals surface area (Å²) in [6.07, 6.45) is 9.11. The normalized spacial score (nSPS) is 15.9. The second-order valence-corrected chi connectivity index (χ2v) is 27.7. The molecule has 0 unspecified atom stereocenters. The maximum atomic E-state index is 14.7. The van der Waals surface area contributed by atoms with Gasteiger partial charge in [-0.1, -0.05) is 0 Å². The first-order valence-corrected chi connectivity index (χ1v) is 25.1. The molecule has 1 aliphatic rings. The monoisotopic (exact) mass is 723 g/mol. The molecule has 1 aromatic heterocycles. The third-order valence-corrected chi connectivity index (χ3v) is 25.2. The number of hydrogen-bond donors (Lipinski definition) is 0. The van der Waals surface area contributed by atoms with E-state index in [2.05, 4.69) is 58.0 Å². The van der Waals surface area contributed by atoms with Gasteiger partial charge in [-0.3, -0.25) is 0 Å². The van der Waals surface area contributed by atoms with Crippen molar-refractivity contribution in [2.24, 2.45) is 5.92 Å². The Labute approximate surface area is 275 Å². The molecule has 1 amide bonds.